The Kier molecular flexibility index (Phi) is 3.62. The molecule has 6 heteroatoms. The molecule has 19 heavy (non-hydrogen) atoms. The molecule has 3 heterocycles. The lowest BCUT2D eigenvalue weighted by molar-refractivity contribution is 0.412. The summed E-state index contributed by atoms with van der Waals surface area (Å²) in [6.45, 7) is 2.15. The number of aromatic nitrogens is 2. The van der Waals surface area contributed by atoms with Gasteiger partial charge in [0.15, 0.2) is 0 Å². The third kappa shape index (κ3) is 3.00. The highest BCUT2D eigenvalue weighted by molar-refractivity contribution is 7.91. The lowest BCUT2D eigenvalue weighted by Crippen LogP contribution is -2.28. The number of piperidine rings is 1. The number of hydrogen-bond acceptors (Lipinski definition) is 4. The van der Waals surface area contributed by atoms with Crippen LogP contribution in [0.15, 0.2) is 12.4 Å². The van der Waals surface area contributed by atoms with Gasteiger partial charge in [-0.25, -0.2) is 8.42 Å². The van der Waals surface area contributed by atoms with Gasteiger partial charge in [-0.2, -0.15) is 5.10 Å². The summed E-state index contributed by atoms with van der Waals surface area (Å²) in [6.07, 6.45) is 7.93. The van der Waals surface area contributed by atoms with Gasteiger partial charge in [-0.05, 0) is 43.7 Å². The van der Waals surface area contributed by atoms with Crippen molar-refractivity contribution in [2.45, 2.75) is 37.6 Å². The van der Waals surface area contributed by atoms with E-state index in [1.165, 1.54) is 18.4 Å². The van der Waals surface area contributed by atoms with Crippen molar-refractivity contribution in [2.75, 3.05) is 24.6 Å². The summed E-state index contributed by atoms with van der Waals surface area (Å²) in [4.78, 5) is 0. The highest BCUT2D eigenvalue weighted by atomic mass is 32.2. The van der Waals surface area contributed by atoms with Crippen molar-refractivity contribution >= 4 is 9.84 Å². The number of rotatable bonds is 2. The van der Waals surface area contributed by atoms with Gasteiger partial charge < -0.3 is 5.32 Å². The maximum absolute atomic E-state index is 11.4. The minimum absolute atomic E-state index is 0.258. The third-order valence-corrected chi connectivity index (χ3v) is 6.00. The minimum Gasteiger partial charge on any atom is -0.316 e. The molecule has 0 aliphatic carbocycles. The molecule has 0 saturated carbocycles. The Morgan fingerprint density at radius 3 is 2.74 bits per heavy atom. The van der Waals surface area contributed by atoms with Crippen LogP contribution >= 0.6 is 0 Å². The number of sulfone groups is 1. The normalized spacial score (nSPS) is 28.3. The Balaban J connectivity index is 1.68. The summed E-state index contributed by atoms with van der Waals surface area (Å²) in [7, 11) is -2.79. The van der Waals surface area contributed by atoms with Gasteiger partial charge in [0, 0.05) is 12.7 Å². The molecule has 1 atom stereocenters. The predicted octanol–water partition coefficient (Wildman–Crippen LogP) is 1.10. The van der Waals surface area contributed by atoms with E-state index in [-0.39, 0.29) is 6.04 Å². The summed E-state index contributed by atoms with van der Waals surface area (Å²) in [6, 6.07) is 0.258. The number of hydrogen-bond donors (Lipinski definition) is 1. The molecule has 0 spiro atoms. The quantitative estimate of drug-likeness (QED) is 0.883. The zero-order valence-corrected chi connectivity index (χ0v) is 11.9. The fourth-order valence-electron chi connectivity index (χ4n) is 3.04. The number of nitrogens with zero attached hydrogens (tertiary/aromatic N) is 2. The molecule has 5 nitrogen and oxygen atoms in total. The van der Waals surface area contributed by atoms with Crippen LogP contribution < -0.4 is 5.32 Å². The average Bonchev–Trinajstić information content (AvgIpc) is 2.89. The molecule has 0 radical (unpaired) electrons. The lowest BCUT2D eigenvalue weighted by atomic mass is 9.94. The molecule has 1 unspecified atom stereocenters. The molecule has 1 N–H and O–H groups in total. The van der Waals surface area contributed by atoms with Crippen LogP contribution in [0.5, 0.6) is 0 Å². The van der Waals surface area contributed by atoms with E-state index in [2.05, 4.69) is 16.6 Å². The van der Waals surface area contributed by atoms with Crippen LogP contribution in [0.2, 0.25) is 0 Å². The molecule has 2 aliphatic heterocycles. The molecule has 2 aliphatic rings. The third-order valence-electron chi connectivity index (χ3n) is 4.29. The van der Waals surface area contributed by atoms with Gasteiger partial charge in [0.2, 0.25) is 0 Å². The van der Waals surface area contributed by atoms with Gasteiger partial charge in [-0.15, -0.1) is 0 Å². The molecule has 0 bridgehead atoms. The van der Waals surface area contributed by atoms with Gasteiger partial charge in [0.1, 0.15) is 9.84 Å². The van der Waals surface area contributed by atoms with Crippen LogP contribution in [0, 0.1) is 0 Å². The van der Waals surface area contributed by atoms with Crippen molar-refractivity contribution in [2.24, 2.45) is 0 Å². The van der Waals surface area contributed by atoms with Gasteiger partial charge in [-0.3, -0.25) is 4.68 Å². The van der Waals surface area contributed by atoms with Crippen LogP contribution in [0.1, 0.15) is 43.2 Å². The smallest absolute Gasteiger partial charge is 0.150 e. The molecule has 1 aromatic heterocycles. The van der Waals surface area contributed by atoms with Crippen molar-refractivity contribution in [1.29, 1.82) is 0 Å². The maximum Gasteiger partial charge on any atom is 0.150 e. The zero-order chi connectivity index (χ0) is 13.3. The van der Waals surface area contributed by atoms with E-state index < -0.39 is 9.84 Å². The Labute approximate surface area is 114 Å². The van der Waals surface area contributed by atoms with Gasteiger partial charge in [-0.1, -0.05) is 0 Å². The van der Waals surface area contributed by atoms with E-state index in [4.69, 9.17) is 0 Å². The van der Waals surface area contributed by atoms with E-state index in [0.717, 1.165) is 13.1 Å². The van der Waals surface area contributed by atoms with Crippen molar-refractivity contribution in [3.8, 4) is 0 Å². The van der Waals surface area contributed by atoms with E-state index >= 15 is 0 Å². The Morgan fingerprint density at radius 2 is 2.05 bits per heavy atom. The van der Waals surface area contributed by atoms with Crippen molar-refractivity contribution in [3.05, 3.63) is 18.0 Å². The average molecular weight is 283 g/mol. The monoisotopic (exact) mass is 283 g/mol. The lowest BCUT2D eigenvalue weighted by Gasteiger charge is -2.23. The first-order valence-corrected chi connectivity index (χ1v) is 8.91. The Morgan fingerprint density at radius 1 is 1.26 bits per heavy atom. The molecule has 1 aromatic rings. The van der Waals surface area contributed by atoms with Gasteiger partial charge >= 0.3 is 0 Å². The first kappa shape index (κ1) is 13.1. The fraction of sp³-hybridized carbons (Fsp3) is 0.769. The van der Waals surface area contributed by atoms with Crippen LogP contribution in [-0.4, -0.2) is 42.8 Å². The first-order chi connectivity index (χ1) is 9.14. The van der Waals surface area contributed by atoms with Crippen LogP contribution in [0.4, 0.5) is 0 Å². The topological polar surface area (TPSA) is 64.0 Å². The minimum atomic E-state index is -2.79. The van der Waals surface area contributed by atoms with E-state index in [1.54, 1.807) is 0 Å². The van der Waals surface area contributed by atoms with Gasteiger partial charge in [0.05, 0.1) is 23.7 Å². The van der Waals surface area contributed by atoms with E-state index in [9.17, 15) is 8.42 Å². The van der Waals surface area contributed by atoms with Crippen LogP contribution in [0.25, 0.3) is 0 Å². The summed E-state index contributed by atoms with van der Waals surface area (Å²) in [5, 5.41) is 7.87. The molecular formula is C13H21N3O2S. The second-order valence-corrected chi connectivity index (χ2v) is 7.98. The second kappa shape index (κ2) is 5.25. The molecule has 0 amide bonds. The molecule has 106 valence electrons. The zero-order valence-electron chi connectivity index (χ0n) is 11.1. The standard InChI is InChI=1S/C13H21N3O2S/c17-19(18)6-3-13(4-7-19)16-10-12(9-15-16)11-2-1-5-14-8-11/h9-11,13-14H,1-8H2. The van der Waals surface area contributed by atoms with E-state index in [1.807, 2.05) is 10.9 Å². The molecule has 0 aromatic carbocycles. The molecule has 2 fully saturated rings. The maximum atomic E-state index is 11.4. The Bertz CT molecular complexity index is 518. The SMILES string of the molecule is O=S1(=O)CCC(n2cc(C3CCCNC3)cn2)CC1. The molecule has 2 saturated heterocycles. The molecular weight excluding hydrogens is 262 g/mol. The molecule has 3 rings (SSSR count). The summed E-state index contributed by atoms with van der Waals surface area (Å²) < 4.78 is 24.9. The van der Waals surface area contributed by atoms with E-state index in [0.29, 0.717) is 30.3 Å². The number of nitrogens with one attached hydrogen (secondary N) is 1. The van der Waals surface area contributed by atoms with Crippen molar-refractivity contribution in [3.63, 3.8) is 0 Å². The van der Waals surface area contributed by atoms with Gasteiger partial charge in [0.25, 0.3) is 0 Å². The predicted molar refractivity (Wildman–Crippen MR) is 74.0 cm³/mol. The summed E-state index contributed by atoms with van der Waals surface area (Å²) >= 11 is 0. The highest BCUT2D eigenvalue weighted by Gasteiger charge is 2.26. The van der Waals surface area contributed by atoms with Crippen molar-refractivity contribution in [1.82, 2.24) is 15.1 Å². The second-order valence-electron chi connectivity index (χ2n) is 5.68. The summed E-state index contributed by atoms with van der Waals surface area (Å²) in [5.41, 5.74) is 1.29. The van der Waals surface area contributed by atoms with Crippen LogP contribution in [-0.2, 0) is 9.84 Å². The largest absolute Gasteiger partial charge is 0.316 e. The highest BCUT2D eigenvalue weighted by Crippen LogP contribution is 2.27. The Hall–Kier alpha value is -0.880. The van der Waals surface area contributed by atoms with Crippen LogP contribution in [0.3, 0.4) is 0 Å². The summed E-state index contributed by atoms with van der Waals surface area (Å²) in [5.74, 6) is 1.17. The fourth-order valence-corrected chi connectivity index (χ4v) is 4.51. The van der Waals surface area contributed by atoms with Crippen molar-refractivity contribution < 1.29 is 8.42 Å². The first-order valence-electron chi connectivity index (χ1n) is 7.09.